The van der Waals surface area contributed by atoms with E-state index in [1.165, 1.54) is 6.07 Å². The zero-order chi connectivity index (χ0) is 15.9. The third-order valence-electron chi connectivity index (χ3n) is 2.93. The average Bonchev–Trinajstić information content (AvgIpc) is 2.51. The molecule has 0 spiro atoms. The van der Waals surface area contributed by atoms with Gasteiger partial charge in [-0.3, -0.25) is 4.79 Å². The van der Waals surface area contributed by atoms with E-state index in [1.54, 1.807) is 31.2 Å². The van der Waals surface area contributed by atoms with Crippen LogP contribution >= 0.6 is 0 Å². The van der Waals surface area contributed by atoms with Gasteiger partial charge in [0.25, 0.3) is 0 Å². The van der Waals surface area contributed by atoms with Crippen molar-refractivity contribution in [2.45, 2.75) is 19.8 Å². The van der Waals surface area contributed by atoms with Crippen LogP contribution in [0.3, 0.4) is 0 Å². The number of nitrogens with zero attached hydrogens (tertiary/aromatic N) is 1. The van der Waals surface area contributed by atoms with Gasteiger partial charge in [0.1, 0.15) is 11.6 Å². The second kappa shape index (κ2) is 7.27. The van der Waals surface area contributed by atoms with Crippen LogP contribution in [0.15, 0.2) is 33.5 Å². The molecule has 1 heterocycles. The monoisotopic (exact) mass is 301 g/mol. The SMILES string of the molecule is CCOC(=O)CCCOc1cccc2cc(C#N)c(=O)oc12. The summed E-state index contributed by atoms with van der Waals surface area (Å²) in [4.78, 5) is 22.8. The summed E-state index contributed by atoms with van der Waals surface area (Å²) in [6, 6.07) is 8.39. The Morgan fingerprint density at radius 3 is 2.95 bits per heavy atom. The molecule has 0 aliphatic heterocycles. The molecule has 0 bridgehead atoms. The number of carbonyl (C=O) groups excluding carboxylic acids is 1. The maximum absolute atomic E-state index is 11.6. The number of ether oxygens (including phenoxy) is 2. The van der Waals surface area contributed by atoms with Gasteiger partial charge in [0.15, 0.2) is 11.3 Å². The molecule has 2 aromatic rings. The smallest absolute Gasteiger partial charge is 0.354 e. The van der Waals surface area contributed by atoms with E-state index in [4.69, 9.17) is 19.2 Å². The molecule has 0 radical (unpaired) electrons. The first-order chi connectivity index (χ1) is 10.7. The highest BCUT2D eigenvalue weighted by Gasteiger charge is 2.09. The van der Waals surface area contributed by atoms with Crippen molar-refractivity contribution in [2.24, 2.45) is 0 Å². The van der Waals surface area contributed by atoms with Crippen LogP contribution in [0.1, 0.15) is 25.3 Å². The molecule has 0 saturated heterocycles. The fourth-order valence-electron chi connectivity index (χ4n) is 1.94. The molecule has 0 unspecified atom stereocenters. The van der Waals surface area contributed by atoms with Gasteiger partial charge in [-0.1, -0.05) is 12.1 Å². The molecule has 22 heavy (non-hydrogen) atoms. The summed E-state index contributed by atoms with van der Waals surface area (Å²) >= 11 is 0. The molecule has 0 aliphatic carbocycles. The van der Waals surface area contributed by atoms with Crippen LogP contribution in [-0.4, -0.2) is 19.2 Å². The molecule has 114 valence electrons. The molecule has 6 nitrogen and oxygen atoms in total. The minimum absolute atomic E-state index is 0.0491. The maximum atomic E-state index is 11.6. The third kappa shape index (κ3) is 3.64. The Balaban J connectivity index is 2.09. The van der Waals surface area contributed by atoms with Crippen LogP contribution in [0.5, 0.6) is 5.75 Å². The first kappa shape index (κ1) is 15.6. The topological polar surface area (TPSA) is 89.5 Å². The zero-order valence-electron chi connectivity index (χ0n) is 12.1. The second-order valence-corrected chi connectivity index (χ2v) is 4.49. The first-order valence-corrected chi connectivity index (χ1v) is 6.91. The van der Waals surface area contributed by atoms with Gasteiger partial charge in [0.2, 0.25) is 0 Å². The number of fused-ring (bicyclic) bond motifs is 1. The van der Waals surface area contributed by atoms with Crippen LogP contribution < -0.4 is 10.4 Å². The highest BCUT2D eigenvalue weighted by molar-refractivity contribution is 5.83. The highest BCUT2D eigenvalue weighted by Crippen LogP contribution is 2.25. The Labute approximate surface area is 126 Å². The Morgan fingerprint density at radius 1 is 1.41 bits per heavy atom. The van der Waals surface area contributed by atoms with Gasteiger partial charge in [-0.15, -0.1) is 0 Å². The van der Waals surface area contributed by atoms with E-state index in [0.717, 1.165) is 0 Å². The van der Waals surface area contributed by atoms with Gasteiger partial charge in [0, 0.05) is 11.8 Å². The van der Waals surface area contributed by atoms with Crippen molar-refractivity contribution in [3.8, 4) is 11.8 Å². The van der Waals surface area contributed by atoms with E-state index in [1.807, 2.05) is 0 Å². The fourth-order valence-corrected chi connectivity index (χ4v) is 1.94. The zero-order valence-corrected chi connectivity index (χ0v) is 12.1. The molecule has 0 aliphatic rings. The average molecular weight is 301 g/mol. The number of carbonyl (C=O) groups is 1. The Hall–Kier alpha value is -2.81. The summed E-state index contributed by atoms with van der Waals surface area (Å²) < 4.78 is 15.5. The van der Waals surface area contributed by atoms with Crippen molar-refractivity contribution in [1.82, 2.24) is 0 Å². The van der Waals surface area contributed by atoms with E-state index < -0.39 is 5.63 Å². The van der Waals surface area contributed by atoms with Gasteiger partial charge in [0.05, 0.1) is 13.2 Å². The Morgan fingerprint density at radius 2 is 2.23 bits per heavy atom. The summed E-state index contributed by atoms with van der Waals surface area (Å²) in [5.74, 6) is 0.136. The van der Waals surface area contributed by atoms with Crippen LogP contribution in [-0.2, 0) is 9.53 Å². The predicted molar refractivity (Wildman–Crippen MR) is 78.6 cm³/mol. The molecule has 0 fully saturated rings. The number of benzene rings is 1. The van der Waals surface area contributed by atoms with Gasteiger partial charge in [-0.2, -0.15) is 5.26 Å². The van der Waals surface area contributed by atoms with Crippen molar-refractivity contribution in [3.05, 3.63) is 40.2 Å². The van der Waals surface area contributed by atoms with Crippen molar-refractivity contribution >= 4 is 16.9 Å². The lowest BCUT2D eigenvalue weighted by molar-refractivity contribution is -0.143. The third-order valence-corrected chi connectivity index (χ3v) is 2.93. The van der Waals surface area contributed by atoms with Gasteiger partial charge < -0.3 is 13.9 Å². The number of para-hydroxylation sites is 1. The lowest BCUT2D eigenvalue weighted by atomic mass is 10.2. The number of hydrogen-bond donors (Lipinski definition) is 0. The van der Waals surface area contributed by atoms with Crippen molar-refractivity contribution in [3.63, 3.8) is 0 Å². The molecule has 0 saturated carbocycles. The molecular formula is C16H15NO5. The molecule has 0 atom stereocenters. The Bertz CT molecular complexity index is 772. The lowest BCUT2D eigenvalue weighted by Crippen LogP contribution is -2.07. The fraction of sp³-hybridized carbons (Fsp3) is 0.312. The van der Waals surface area contributed by atoms with Crippen LogP contribution in [0.4, 0.5) is 0 Å². The van der Waals surface area contributed by atoms with E-state index in [9.17, 15) is 9.59 Å². The number of nitriles is 1. The largest absolute Gasteiger partial charge is 0.490 e. The lowest BCUT2D eigenvalue weighted by Gasteiger charge is -2.08. The quantitative estimate of drug-likeness (QED) is 0.462. The molecular weight excluding hydrogens is 286 g/mol. The highest BCUT2D eigenvalue weighted by atomic mass is 16.5. The van der Waals surface area contributed by atoms with Crippen molar-refractivity contribution < 1.29 is 18.7 Å². The van der Waals surface area contributed by atoms with E-state index in [-0.39, 0.29) is 18.0 Å². The maximum Gasteiger partial charge on any atom is 0.354 e. The second-order valence-electron chi connectivity index (χ2n) is 4.49. The van der Waals surface area contributed by atoms with Gasteiger partial charge >= 0.3 is 11.6 Å². The molecule has 0 amide bonds. The Kier molecular flexibility index (Phi) is 5.15. The van der Waals surface area contributed by atoms with Crippen LogP contribution in [0.25, 0.3) is 11.0 Å². The minimum atomic E-state index is -0.697. The summed E-state index contributed by atoms with van der Waals surface area (Å²) in [5.41, 5.74) is -0.452. The number of rotatable bonds is 6. The number of esters is 1. The normalized spacial score (nSPS) is 10.2. The molecule has 0 N–H and O–H groups in total. The van der Waals surface area contributed by atoms with E-state index in [2.05, 4.69) is 0 Å². The molecule has 6 heteroatoms. The summed E-state index contributed by atoms with van der Waals surface area (Å²) in [6.45, 7) is 2.40. The van der Waals surface area contributed by atoms with Crippen molar-refractivity contribution in [2.75, 3.05) is 13.2 Å². The van der Waals surface area contributed by atoms with Crippen LogP contribution in [0.2, 0.25) is 0 Å². The van der Waals surface area contributed by atoms with Gasteiger partial charge in [-0.25, -0.2) is 4.79 Å². The first-order valence-electron chi connectivity index (χ1n) is 6.91. The van der Waals surface area contributed by atoms with Crippen LogP contribution in [0, 0.1) is 11.3 Å². The van der Waals surface area contributed by atoms with Crippen molar-refractivity contribution in [1.29, 1.82) is 5.26 Å². The summed E-state index contributed by atoms with van der Waals surface area (Å²) in [6.07, 6.45) is 0.761. The van der Waals surface area contributed by atoms with E-state index in [0.29, 0.717) is 36.4 Å². The van der Waals surface area contributed by atoms with Gasteiger partial charge in [-0.05, 0) is 25.5 Å². The molecule has 2 rings (SSSR count). The molecule has 1 aromatic carbocycles. The standard InChI is InChI=1S/C16H15NO5/c1-2-20-14(18)7-4-8-21-13-6-3-5-11-9-12(10-17)16(19)22-15(11)13/h3,5-6,9H,2,4,7-8H2,1H3. The number of hydrogen-bond acceptors (Lipinski definition) is 6. The molecule has 1 aromatic heterocycles. The summed E-state index contributed by atoms with van der Waals surface area (Å²) in [7, 11) is 0. The van der Waals surface area contributed by atoms with E-state index >= 15 is 0 Å². The summed E-state index contributed by atoms with van der Waals surface area (Å²) in [5, 5.41) is 9.44. The predicted octanol–water partition coefficient (Wildman–Crippen LogP) is 2.39. The minimum Gasteiger partial charge on any atom is -0.490 e.